The summed E-state index contributed by atoms with van der Waals surface area (Å²) < 4.78 is 1.33. The number of fused-ring (bicyclic) bond motifs is 1. The highest BCUT2D eigenvalue weighted by atomic mass is 16.2. The van der Waals surface area contributed by atoms with Crippen LogP contribution < -0.4 is 10.5 Å². The van der Waals surface area contributed by atoms with Crippen LogP contribution >= 0.6 is 0 Å². The average Bonchev–Trinajstić information content (AvgIpc) is 2.92. The normalized spacial score (nSPS) is 22.1. The fraction of sp³-hybridized carbons (Fsp3) is 0.500. The first-order valence-corrected chi connectivity index (χ1v) is 10.3. The molecular weight excluding hydrogens is 352 g/mol. The summed E-state index contributed by atoms with van der Waals surface area (Å²) in [5, 5.41) is 4.44. The van der Waals surface area contributed by atoms with E-state index in [-0.39, 0.29) is 17.5 Å². The largest absolute Gasteiger partial charge is 0.341 e. The summed E-state index contributed by atoms with van der Waals surface area (Å²) in [4.78, 5) is 29.5. The van der Waals surface area contributed by atoms with Crippen molar-refractivity contribution >= 4 is 17.4 Å². The molecule has 4 rings (SSSR count). The predicted molar refractivity (Wildman–Crippen MR) is 110 cm³/mol. The van der Waals surface area contributed by atoms with E-state index in [0.717, 1.165) is 37.2 Å². The third kappa shape index (κ3) is 3.43. The maximum Gasteiger partial charge on any atom is 0.266 e. The Bertz CT molecular complexity index is 923. The molecule has 0 saturated carbocycles. The molecule has 2 atom stereocenters. The monoisotopic (exact) mass is 380 g/mol. The number of hydrogen-bond acceptors (Lipinski definition) is 4. The number of aryl methyl sites for hydroxylation is 1. The third-order valence-corrected chi connectivity index (χ3v) is 6.11. The lowest BCUT2D eigenvalue weighted by Gasteiger charge is -2.32. The molecule has 1 unspecified atom stereocenters. The first-order chi connectivity index (χ1) is 13.6. The summed E-state index contributed by atoms with van der Waals surface area (Å²) in [5.41, 5.74) is 2.00. The number of carbonyl (C=O) groups excluding carboxylic acids is 1. The van der Waals surface area contributed by atoms with Crippen molar-refractivity contribution in [1.29, 1.82) is 0 Å². The lowest BCUT2D eigenvalue weighted by Crippen LogP contribution is -2.47. The SMILES string of the molecule is CCC1CCCCN(C(=O)[C@@H]2Cc3ccccc3N2c2ccc(=O)n(C)n2)C1. The zero-order valence-electron chi connectivity index (χ0n) is 16.7. The van der Waals surface area contributed by atoms with Crippen molar-refractivity contribution in [3.63, 3.8) is 0 Å². The fourth-order valence-electron chi connectivity index (χ4n) is 4.46. The standard InChI is InChI=1S/C22H28N4O2/c1-3-16-8-6-7-13-25(15-16)22(28)19-14-17-9-4-5-10-18(17)26(19)20-11-12-21(27)24(2)23-20/h4-5,9-12,16,19H,3,6-8,13-15H2,1-2H3/t16?,19-/m0/s1. The van der Waals surface area contributed by atoms with Gasteiger partial charge in [0.05, 0.1) is 0 Å². The smallest absolute Gasteiger partial charge is 0.266 e. The summed E-state index contributed by atoms with van der Waals surface area (Å²) in [5.74, 6) is 1.40. The van der Waals surface area contributed by atoms with Gasteiger partial charge in [-0.3, -0.25) is 9.59 Å². The first kappa shape index (κ1) is 18.7. The summed E-state index contributed by atoms with van der Waals surface area (Å²) in [6.07, 6.45) is 5.25. The minimum atomic E-state index is -0.307. The van der Waals surface area contributed by atoms with Crippen LogP contribution in [0, 0.1) is 5.92 Å². The van der Waals surface area contributed by atoms with Gasteiger partial charge in [-0.2, -0.15) is 5.10 Å². The second-order valence-corrected chi connectivity index (χ2v) is 7.93. The quantitative estimate of drug-likeness (QED) is 0.822. The number of para-hydroxylation sites is 1. The molecule has 0 bridgehead atoms. The summed E-state index contributed by atoms with van der Waals surface area (Å²) in [6, 6.07) is 11.0. The first-order valence-electron chi connectivity index (χ1n) is 10.3. The number of aromatic nitrogens is 2. The molecule has 1 amide bonds. The predicted octanol–water partition coefficient (Wildman–Crippen LogP) is 2.88. The Kier molecular flexibility index (Phi) is 5.20. The second-order valence-electron chi connectivity index (χ2n) is 7.93. The minimum absolute atomic E-state index is 0.155. The molecular formula is C22H28N4O2. The second kappa shape index (κ2) is 7.78. The van der Waals surface area contributed by atoms with E-state index in [1.54, 1.807) is 13.1 Å². The Morgan fingerprint density at radius 1 is 1.18 bits per heavy atom. The maximum atomic E-state index is 13.6. The molecule has 2 aliphatic heterocycles. The third-order valence-electron chi connectivity index (χ3n) is 6.11. The van der Waals surface area contributed by atoms with Crippen LogP contribution in [0.15, 0.2) is 41.2 Å². The number of benzene rings is 1. The molecule has 0 radical (unpaired) electrons. The van der Waals surface area contributed by atoms with Gasteiger partial charge >= 0.3 is 0 Å². The van der Waals surface area contributed by atoms with Crippen LogP contribution in [0.5, 0.6) is 0 Å². The molecule has 3 heterocycles. The molecule has 1 aromatic carbocycles. The van der Waals surface area contributed by atoms with Crippen molar-refractivity contribution in [3.05, 3.63) is 52.3 Å². The Labute approximate surface area is 165 Å². The van der Waals surface area contributed by atoms with Gasteiger partial charge in [0.15, 0.2) is 5.82 Å². The molecule has 0 N–H and O–H groups in total. The van der Waals surface area contributed by atoms with E-state index < -0.39 is 0 Å². The van der Waals surface area contributed by atoms with E-state index in [2.05, 4.69) is 23.0 Å². The van der Waals surface area contributed by atoms with Gasteiger partial charge in [-0.1, -0.05) is 38.0 Å². The number of likely N-dealkylation sites (tertiary alicyclic amines) is 1. The van der Waals surface area contributed by atoms with E-state index in [0.29, 0.717) is 18.2 Å². The molecule has 6 nitrogen and oxygen atoms in total. The van der Waals surface area contributed by atoms with Gasteiger partial charge in [0.25, 0.3) is 5.56 Å². The Morgan fingerprint density at radius 2 is 2.00 bits per heavy atom. The molecule has 0 spiro atoms. The molecule has 2 aromatic rings. The van der Waals surface area contributed by atoms with Crippen LogP contribution in [0.4, 0.5) is 11.5 Å². The van der Waals surface area contributed by atoms with Crippen molar-refractivity contribution in [2.45, 2.75) is 45.1 Å². The van der Waals surface area contributed by atoms with Crippen molar-refractivity contribution < 1.29 is 4.79 Å². The highest BCUT2D eigenvalue weighted by Crippen LogP contribution is 2.38. The van der Waals surface area contributed by atoms with Gasteiger partial charge in [-0.05, 0) is 36.5 Å². The van der Waals surface area contributed by atoms with Gasteiger partial charge in [0.2, 0.25) is 5.91 Å². The van der Waals surface area contributed by atoms with E-state index in [9.17, 15) is 9.59 Å². The van der Waals surface area contributed by atoms with Gasteiger partial charge < -0.3 is 9.80 Å². The lowest BCUT2D eigenvalue weighted by molar-refractivity contribution is -0.132. The molecule has 1 aromatic heterocycles. The molecule has 0 aliphatic carbocycles. The zero-order chi connectivity index (χ0) is 19.7. The van der Waals surface area contributed by atoms with Crippen LogP contribution in [0.1, 0.15) is 38.2 Å². The topological polar surface area (TPSA) is 58.4 Å². The van der Waals surface area contributed by atoms with Crippen LogP contribution in [0.25, 0.3) is 0 Å². The van der Waals surface area contributed by atoms with Crippen LogP contribution in [-0.2, 0) is 18.3 Å². The van der Waals surface area contributed by atoms with Crippen LogP contribution in [0.2, 0.25) is 0 Å². The Morgan fingerprint density at radius 3 is 2.79 bits per heavy atom. The maximum absolute atomic E-state index is 13.6. The van der Waals surface area contributed by atoms with Gasteiger partial charge in [-0.25, -0.2) is 4.68 Å². The molecule has 2 aliphatic rings. The highest BCUT2D eigenvalue weighted by Gasteiger charge is 2.39. The molecule has 6 heteroatoms. The number of anilines is 2. The van der Waals surface area contributed by atoms with E-state index in [1.807, 2.05) is 23.1 Å². The number of carbonyl (C=O) groups is 1. The van der Waals surface area contributed by atoms with Crippen LogP contribution in [0.3, 0.4) is 0 Å². The summed E-state index contributed by atoms with van der Waals surface area (Å²) in [6.45, 7) is 3.89. The molecule has 1 fully saturated rings. The summed E-state index contributed by atoms with van der Waals surface area (Å²) >= 11 is 0. The lowest BCUT2D eigenvalue weighted by atomic mass is 10.0. The van der Waals surface area contributed by atoms with E-state index in [4.69, 9.17) is 0 Å². The van der Waals surface area contributed by atoms with Crippen molar-refractivity contribution in [2.24, 2.45) is 13.0 Å². The number of nitrogens with zero attached hydrogens (tertiary/aromatic N) is 4. The van der Waals surface area contributed by atoms with Crippen molar-refractivity contribution in [2.75, 3.05) is 18.0 Å². The van der Waals surface area contributed by atoms with Crippen LogP contribution in [-0.4, -0.2) is 39.7 Å². The van der Waals surface area contributed by atoms with Gasteiger partial charge in [0, 0.05) is 38.3 Å². The average molecular weight is 380 g/mol. The van der Waals surface area contributed by atoms with Gasteiger partial charge in [-0.15, -0.1) is 0 Å². The van der Waals surface area contributed by atoms with Gasteiger partial charge in [0.1, 0.15) is 6.04 Å². The molecule has 28 heavy (non-hydrogen) atoms. The van der Waals surface area contributed by atoms with E-state index >= 15 is 0 Å². The number of hydrogen-bond donors (Lipinski definition) is 0. The molecule has 1 saturated heterocycles. The minimum Gasteiger partial charge on any atom is -0.341 e. The number of rotatable bonds is 3. The Hall–Kier alpha value is -2.63. The molecule has 148 valence electrons. The van der Waals surface area contributed by atoms with Crippen molar-refractivity contribution in [3.8, 4) is 0 Å². The van der Waals surface area contributed by atoms with Crippen molar-refractivity contribution in [1.82, 2.24) is 14.7 Å². The highest BCUT2D eigenvalue weighted by molar-refractivity contribution is 5.91. The Balaban J connectivity index is 1.69. The van der Waals surface area contributed by atoms with E-state index in [1.165, 1.54) is 23.6 Å². The fourth-order valence-corrected chi connectivity index (χ4v) is 4.46. The zero-order valence-corrected chi connectivity index (χ0v) is 16.7. The summed E-state index contributed by atoms with van der Waals surface area (Å²) in [7, 11) is 1.64. The number of amides is 1.